The third-order valence-corrected chi connectivity index (χ3v) is 2.85. The van der Waals surface area contributed by atoms with Gasteiger partial charge in [-0.1, -0.05) is 0 Å². The molecule has 1 aromatic heterocycles. The van der Waals surface area contributed by atoms with Crippen LogP contribution in [-0.2, 0) is 9.53 Å². The fraction of sp³-hybridized carbons (Fsp3) is 0.500. The standard InChI is InChI=1S/C12H16N2O5/c15-10(14-7-12(17)3-5-18-8-12)6-13-11(16)9-2-1-4-19-9/h1-2,4,17H,3,5-8H2,(H,13,16)(H,14,15). The lowest BCUT2D eigenvalue weighted by atomic mass is 10.0. The Morgan fingerprint density at radius 1 is 1.42 bits per heavy atom. The van der Waals surface area contributed by atoms with E-state index in [0.717, 1.165) is 0 Å². The highest BCUT2D eigenvalue weighted by Gasteiger charge is 2.32. The van der Waals surface area contributed by atoms with Gasteiger partial charge in [0.15, 0.2) is 5.76 Å². The van der Waals surface area contributed by atoms with E-state index in [2.05, 4.69) is 10.6 Å². The van der Waals surface area contributed by atoms with E-state index in [1.165, 1.54) is 12.3 Å². The first-order valence-electron chi connectivity index (χ1n) is 5.98. The molecular weight excluding hydrogens is 252 g/mol. The van der Waals surface area contributed by atoms with Crippen molar-refractivity contribution >= 4 is 11.8 Å². The molecule has 1 aromatic rings. The molecule has 0 radical (unpaired) electrons. The van der Waals surface area contributed by atoms with Crippen LogP contribution in [-0.4, -0.2) is 48.8 Å². The maximum atomic E-state index is 11.5. The molecule has 1 fully saturated rings. The Morgan fingerprint density at radius 2 is 2.26 bits per heavy atom. The van der Waals surface area contributed by atoms with Crippen LogP contribution in [0.15, 0.2) is 22.8 Å². The molecule has 0 bridgehead atoms. The maximum Gasteiger partial charge on any atom is 0.287 e. The highest BCUT2D eigenvalue weighted by atomic mass is 16.5. The fourth-order valence-electron chi connectivity index (χ4n) is 1.72. The molecule has 1 saturated heterocycles. The number of furan rings is 1. The molecule has 0 saturated carbocycles. The number of carbonyl (C=O) groups is 2. The average molecular weight is 268 g/mol. The minimum atomic E-state index is -0.999. The van der Waals surface area contributed by atoms with Gasteiger partial charge >= 0.3 is 0 Å². The SMILES string of the molecule is O=C(CNC(=O)c1ccco1)NCC1(O)CCOC1. The molecule has 1 aliphatic rings. The van der Waals surface area contributed by atoms with Gasteiger partial charge in [0.2, 0.25) is 5.91 Å². The Bertz CT molecular complexity index is 437. The first kappa shape index (κ1) is 13.6. The number of hydrogen-bond donors (Lipinski definition) is 3. The van der Waals surface area contributed by atoms with Crippen LogP contribution in [0.4, 0.5) is 0 Å². The molecule has 1 aliphatic heterocycles. The maximum absolute atomic E-state index is 11.5. The van der Waals surface area contributed by atoms with Crippen molar-refractivity contribution in [3.63, 3.8) is 0 Å². The summed E-state index contributed by atoms with van der Waals surface area (Å²) in [6, 6.07) is 3.09. The van der Waals surface area contributed by atoms with Gasteiger partial charge < -0.3 is 24.9 Å². The average Bonchev–Trinajstić information content (AvgIpc) is 3.05. The smallest absolute Gasteiger partial charge is 0.287 e. The van der Waals surface area contributed by atoms with Crippen molar-refractivity contribution in [1.82, 2.24) is 10.6 Å². The van der Waals surface area contributed by atoms with E-state index in [0.29, 0.717) is 13.0 Å². The summed E-state index contributed by atoms with van der Waals surface area (Å²) in [5.41, 5.74) is -0.999. The largest absolute Gasteiger partial charge is 0.459 e. The lowest BCUT2D eigenvalue weighted by molar-refractivity contribution is -0.121. The van der Waals surface area contributed by atoms with Crippen molar-refractivity contribution in [3.8, 4) is 0 Å². The molecule has 0 aromatic carbocycles. The van der Waals surface area contributed by atoms with Gasteiger partial charge in [0.25, 0.3) is 5.91 Å². The summed E-state index contributed by atoms with van der Waals surface area (Å²) in [6.07, 6.45) is 1.87. The number of hydrogen-bond acceptors (Lipinski definition) is 5. The van der Waals surface area contributed by atoms with Crippen LogP contribution >= 0.6 is 0 Å². The Balaban J connectivity index is 1.68. The Kier molecular flexibility index (Phi) is 4.18. The molecule has 0 aliphatic carbocycles. The summed E-state index contributed by atoms with van der Waals surface area (Å²) >= 11 is 0. The molecule has 104 valence electrons. The van der Waals surface area contributed by atoms with Gasteiger partial charge in [-0.05, 0) is 12.1 Å². The van der Waals surface area contributed by atoms with E-state index >= 15 is 0 Å². The third-order valence-electron chi connectivity index (χ3n) is 2.85. The number of rotatable bonds is 5. The lowest BCUT2D eigenvalue weighted by Gasteiger charge is -2.20. The van der Waals surface area contributed by atoms with E-state index in [1.807, 2.05) is 0 Å². The van der Waals surface area contributed by atoms with Gasteiger partial charge in [-0.15, -0.1) is 0 Å². The molecule has 19 heavy (non-hydrogen) atoms. The summed E-state index contributed by atoms with van der Waals surface area (Å²) in [5, 5.41) is 14.9. The Hall–Kier alpha value is -1.86. The van der Waals surface area contributed by atoms with Crippen LogP contribution < -0.4 is 10.6 Å². The van der Waals surface area contributed by atoms with Crippen molar-refractivity contribution in [3.05, 3.63) is 24.2 Å². The van der Waals surface area contributed by atoms with Crippen molar-refractivity contribution in [1.29, 1.82) is 0 Å². The van der Waals surface area contributed by atoms with Crippen molar-refractivity contribution in [2.75, 3.05) is 26.3 Å². The first-order valence-corrected chi connectivity index (χ1v) is 5.98. The Morgan fingerprint density at radius 3 is 2.89 bits per heavy atom. The molecule has 2 heterocycles. The van der Waals surface area contributed by atoms with Gasteiger partial charge in [-0.3, -0.25) is 9.59 Å². The van der Waals surface area contributed by atoms with Crippen LogP contribution in [0.2, 0.25) is 0 Å². The first-order chi connectivity index (χ1) is 9.09. The zero-order chi connectivity index (χ0) is 13.7. The molecular formula is C12H16N2O5. The van der Waals surface area contributed by atoms with E-state index in [9.17, 15) is 14.7 Å². The topological polar surface area (TPSA) is 101 Å². The van der Waals surface area contributed by atoms with Gasteiger partial charge in [0.1, 0.15) is 5.60 Å². The van der Waals surface area contributed by atoms with Crippen molar-refractivity contribution in [2.45, 2.75) is 12.0 Å². The molecule has 2 amide bonds. The predicted molar refractivity (Wildman–Crippen MR) is 64.4 cm³/mol. The summed E-state index contributed by atoms with van der Waals surface area (Å²) in [5.74, 6) is -0.682. The van der Waals surface area contributed by atoms with Gasteiger partial charge in [-0.2, -0.15) is 0 Å². The second kappa shape index (κ2) is 5.85. The predicted octanol–water partition coefficient (Wildman–Crippen LogP) is -0.723. The quantitative estimate of drug-likeness (QED) is 0.654. The van der Waals surface area contributed by atoms with Crippen LogP contribution in [0.25, 0.3) is 0 Å². The van der Waals surface area contributed by atoms with E-state index in [-0.39, 0.29) is 31.4 Å². The van der Waals surface area contributed by atoms with Crippen LogP contribution in [0.5, 0.6) is 0 Å². The Labute approximate surface area is 109 Å². The molecule has 0 spiro atoms. The minimum absolute atomic E-state index is 0.114. The molecule has 7 heteroatoms. The minimum Gasteiger partial charge on any atom is -0.459 e. The molecule has 1 atom stereocenters. The molecule has 7 nitrogen and oxygen atoms in total. The zero-order valence-corrected chi connectivity index (χ0v) is 10.3. The number of amides is 2. The zero-order valence-electron chi connectivity index (χ0n) is 10.3. The van der Waals surface area contributed by atoms with E-state index in [4.69, 9.17) is 9.15 Å². The summed E-state index contributed by atoms with van der Waals surface area (Å²) < 4.78 is 9.94. The van der Waals surface area contributed by atoms with Gasteiger partial charge in [-0.25, -0.2) is 0 Å². The van der Waals surface area contributed by atoms with Gasteiger partial charge in [0.05, 0.1) is 19.4 Å². The highest BCUT2D eigenvalue weighted by molar-refractivity contribution is 5.94. The normalized spacial score (nSPS) is 22.2. The van der Waals surface area contributed by atoms with Crippen LogP contribution in [0.1, 0.15) is 17.0 Å². The fourth-order valence-corrected chi connectivity index (χ4v) is 1.72. The highest BCUT2D eigenvalue weighted by Crippen LogP contribution is 2.16. The second-order valence-corrected chi connectivity index (χ2v) is 4.46. The van der Waals surface area contributed by atoms with Crippen LogP contribution in [0.3, 0.4) is 0 Å². The van der Waals surface area contributed by atoms with Crippen molar-refractivity contribution in [2.24, 2.45) is 0 Å². The number of nitrogens with one attached hydrogen (secondary N) is 2. The van der Waals surface area contributed by atoms with Crippen LogP contribution in [0, 0.1) is 0 Å². The second-order valence-electron chi connectivity index (χ2n) is 4.46. The molecule has 2 rings (SSSR count). The summed E-state index contributed by atoms with van der Waals surface area (Å²) in [7, 11) is 0. The number of carbonyl (C=O) groups excluding carboxylic acids is 2. The summed E-state index contributed by atoms with van der Waals surface area (Å²) in [4.78, 5) is 23.0. The molecule has 3 N–H and O–H groups in total. The number of ether oxygens (including phenoxy) is 1. The van der Waals surface area contributed by atoms with E-state index in [1.54, 1.807) is 6.07 Å². The molecule has 1 unspecified atom stereocenters. The van der Waals surface area contributed by atoms with Crippen molar-refractivity contribution < 1.29 is 23.8 Å². The lowest BCUT2D eigenvalue weighted by Crippen LogP contribution is -2.46. The monoisotopic (exact) mass is 268 g/mol. The summed E-state index contributed by atoms with van der Waals surface area (Å²) in [6.45, 7) is 0.645. The van der Waals surface area contributed by atoms with E-state index < -0.39 is 11.5 Å². The third kappa shape index (κ3) is 3.80. The van der Waals surface area contributed by atoms with Gasteiger partial charge in [0, 0.05) is 19.6 Å². The number of aliphatic hydroxyl groups is 1.